The molecule has 0 saturated heterocycles. The van der Waals surface area contributed by atoms with E-state index in [4.69, 9.17) is 0 Å². The summed E-state index contributed by atoms with van der Waals surface area (Å²) in [5, 5.41) is 11.9. The molecule has 2 N–H and O–H groups in total. The SMILES string of the molecule is CC(=O)NCCN(C(=O)Cc1ccc2c(c1)CCCC2)C(C)C(=O)O. The van der Waals surface area contributed by atoms with E-state index < -0.39 is 12.0 Å². The smallest absolute Gasteiger partial charge is 0.326 e. The van der Waals surface area contributed by atoms with Crippen molar-refractivity contribution in [3.8, 4) is 0 Å². The molecule has 1 aromatic rings. The summed E-state index contributed by atoms with van der Waals surface area (Å²) in [5.41, 5.74) is 3.56. The summed E-state index contributed by atoms with van der Waals surface area (Å²) in [5.74, 6) is -1.50. The van der Waals surface area contributed by atoms with Crippen molar-refractivity contribution in [1.29, 1.82) is 0 Å². The van der Waals surface area contributed by atoms with Crippen LogP contribution in [0.4, 0.5) is 0 Å². The molecule has 2 rings (SSSR count). The van der Waals surface area contributed by atoms with E-state index >= 15 is 0 Å². The Kier molecular flexibility index (Phi) is 6.56. The maximum absolute atomic E-state index is 12.7. The Morgan fingerprint density at radius 1 is 1.20 bits per heavy atom. The van der Waals surface area contributed by atoms with Crippen molar-refractivity contribution in [2.24, 2.45) is 0 Å². The molecule has 0 aliphatic heterocycles. The average Bonchev–Trinajstić information content (AvgIpc) is 2.57. The van der Waals surface area contributed by atoms with E-state index in [0.717, 1.165) is 18.4 Å². The summed E-state index contributed by atoms with van der Waals surface area (Å²) in [6, 6.07) is 5.18. The summed E-state index contributed by atoms with van der Waals surface area (Å²) in [6.07, 6.45) is 4.67. The van der Waals surface area contributed by atoms with Crippen LogP contribution in [0.5, 0.6) is 0 Å². The third-order valence-electron chi connectivity index (χ3n) is 4.64. The van der Waals surface area contributed by atoms with Crippen molar-refractivity contribution in [2.45, 2.75) is 52.0 Å². The second kappa shape index (κ2) is 8.65. The number of aryl methyl sites for hydroxylation is 2. The third-order valence-corrected chi connectivity index (χ3v) is 4.64. The van der Waals surface area contributed by atoms with Gasteiger partial charge in [0.05, 0.1) is 6.42 Å². The fourth-order valence-electron chi connectivity index (χ4n) is 3.19. The third kappa shape index (κ3) is 5.31. The highest BCUT2D eigenvalue weighted by molar-refractivity contribution is 5.85. The van der Waals surface area contributed by atoms with Gasteiger partial charge in [0.2, 0.25) is 11.8 Å². The van der Waals surface area contributed by atoms with Crippen molar-refractivity contribution >= 4 is 17.8 Å². The molecular formula is C19H26N2O4. The standard InChI is InChI=1S/C19H26N2O4/c1-13(19(24)25)21(10-9-20-14(2)22)18(23)12-15-7-8-16-5-3-4-6-17(16)11-15/h7-8,11,13H,3-6,9-10,12H2,1-2H3,(H,20,22)(H,24,25). The summed E-state index contributed by atoms with van der Waals surface area (Å²) in [6.45, 7) is 3.29. The Balaban J connectivity index is 2.07. The van der Waals surface area contributed by atoms with E-state index in [1.54, 1.807) is 0 Å². The minimum atomic E-state index is -1.05. The van der Waals surface area contributed by atoms with E-state index in [0.29, 0.717) is 0 Å². The number of aliphatic carboxylic acids is 1. The molecule has 0 radical (unpaired) electrons. The van der Waals surface area contributed by atoms with Crippen molar-refractivity contribution in [3.63, 3.8) is 0 Å². The fourth-order valence-corrected chi connectivity index (χ4v) is 3.19. The first-order valence-corrected chi connectivity index (χ1v) is 8.76. The van der Waals surface area contributed by atoms with Gasteiger partial charge in [-0.2, -0.15) is 0 Å². The molecular weight excluding hydrogens is 320 g/mol. The van der Waals surface area contributed by atoms with Gasteiger partial charge < -0.3 is 15.3 Å². The quantitative estimate of drug-likeness (QED) is 0.784. The minimum Gasteiger partial charge on any atom is -0.480 e. The molecule has 1 aliphatic rings. The average molecular weight is 346 g/mol. The van der Waals surface area contributed by atoms with Crippen LogP contribution in [0.25, 0.3) is 0 Å². The number of nitrogens with one attached hydrogen (secondary N) is 1. The lowest BCUT2D eigenvalue weighted by atomic mass is 9.90. The number of carboxylic acids is 1. The number of hydrogen-bond donors (Lipinski definition) is 2. The van der Waals surface area contributed by atoms with E-state index in [-0.39, 0.29) is 31.3 Å². The Labute approximate surface area is 148 Å². The number of rotatable bonds is 7. The highest BCUT2D eigenvalue weighted by atomic mass is 16.4. The van der Waals surface area contributed by atoms with E-state index in [9.17, 15) is 19.5 Å². The van der Waals surface area contributed by atoms with Crippen molar-refractivity contribution < 1.29 is 19.5 Å². The first-order valence-electron chi connectivity index (χ1n) is 8.76. The summed E-state index contributed by atoms with van der Waals surface area (Å²) < 4.78 is 0. The number of carbonyl (C=O) groups is 3. The Hall–Kier alpha value is -2.37. The van der Waals surface area contributed by atoms with Gasteiger partial charge in [-0.05, 0) is 49.3 Å². The monoisotopic (exact) mass is 346 g/mol. The topological polar surface area (TPSA) is 86.7 Å². The second-order valence-electron chi connectivity index (χ2n) is 6.57. The second-order valence-corrected chi connectivity index (χ2v) is 6.57. The molecule has 0 heterocycles. The van der Waals surface area contributed by atoms with Crippen molar-refractivity contribution in [1.82, 2.24) is 10.2 Å². The molecule has 0 saturated carbocycles. The van der Waals surface area contributed by atoms with Crippen molar-refractivity contribution in [2.75, 3.05) is 13.1 Å². The number of benzene rings is 1. The number of hydrogen-bond acceptors (Lipinski definition) is 3. The van der Waals surface area contributed by atoms with Gasteiger partial charge >= 0.3 is 5.97 Å². The van der Waals surface area contributed by atoms with Gasteiger partial charge in [0.15, 0.2) is 0 Å². The van der Waals surface area contributed by atoms with Crippen LogP contribution in [0, 0.1) is 0 Å². The zero-order chi connectivity index (χ0) is 18.4. The molecule has 1 atom stereocenters. The summed E-state index contributed by atoms with van der Waals surface area (Å²) in [7, 11) is 0. The summed E-state index contributed by atoms with van der Waals surface area (Å²) in [4.78, 5) is 36.3. The van der Waals surface area contributed by atoms with Crippen molar-refractivity contribution in [3.05, 3.63) is 34.9 Å². The van der Waals surface area contributed by atoms with Crippen LogP contribution in [-0.4, -0.2) is 46.9 Å². The van der Waals surface area contributed by atoms with Crippen LogP contribution in [0.2, 0.25) is 0 Å². The largest absolute Gasteiger partial charge is 0.480 e. The molecule has 25 heavy (non-hydrogen) atoms. The number of amides is 2. The molecule has 1 aliphatic carbocycles. The van der Waals surface area contributed by atoms with Gasteiger partial charge in [-0.3, -0.25) is 9.59 Å². The lowest BCUT2D eigenvalue weighted by Crippen LogP contribution is -2.47. The van der Waals surface area contributed by atoms with Gasteiger partial charge in [0.1, 0.15) is 6.04 Å². The summed E-state index contributed by atoms with van der Waals surface area (Å²) >= 11 is 0. The predicted molar refractivity (Wildman–Crippen MR) is 94.3 cm³/mol. The predicted octanol–water partition coefficient (Wildman–Crippen LogP) is 1.55. The molecule has 6 nitrogen and oxygen atoms in total. The lowest BCUT2D eigenvalue weighted by Gasteiger charge is -2.27. The number of nitrogens with zero attached hydrogens (tertiary/aromatic N) is 1. The molecule has 136 valence electrons. The highest BCUT2D eigenvalue weighted by Gasteiger charge is 2.25. The zero-order valence-electron chi connectivity index (χ0n) is 14.9. The first kappa shape index (κ1) is 19.0. The normalized spacial score (nSPS) is 14.3. The molecule has 1 aromatic carbocycles. The van der Waals surface area contributed by atoms with Gasteiger partial charge in [0.25, 0.3) is 0 Å². The fraction of sp³-hybridized carbons (Fsp3) is 0.526. The molecule has 6 heteroatoms. The molecule has 0 bridgehead atoms. The lowest BCUT2D eigenvalue weighted by molar-refractivity contribution is -0.149. The number of carboxylic acid groups (broad SMARTS) is 1. The molecule has 0 fully saturated rings. The van der Waals surface area contributed by atoms with E-state index in [1.807, 2.05) is 6.07 Å². The highest BCUT2D eigenvalue weighted by Crippen LogP contribution is 2.22. The van der Waals surface area contributed by atoms with Gasteiger partial charge in [-0.25, -0.2) is 4.79 Å². The van der Waals surface area contributed by atoms with Gasteiger partial charge in [-0.1, -0.05) is 18.2 Å². The van der Waals surface area contributed by atoms with Crippen LogP contribution in [-0.2, 0) is 33.6 Å². The first-order chi connectivity index (χ1) is 11.9. The number of carbonyl (C=O) groups excluding carboxylic acids is 2. The van der Waals surface area contributed by atoms with Crippen LogP contribution in [0.15, 0.2) is 18.2 Å². The Bertz CT molecular complexity index is 657. The Morgan fingerprint density at radius 3 is 2.52 bits per heavy atom. The number of fused-ring (bicyclic) bond motifs is 1. The molecule has 0 aromatic heterocycles. The van der Waals surface area contributed by atoms with E-state index in [2.05, 4.69) is 17.4 Å². The zero-order valence-corrected chi connectivity index (χ0v) is 14.9. The maximum atomic E-state index is 12.7. The van der Waals surface area contributed by atoms with Crippen LogP contribution in [0.3, 0.4) is 0 Å². The van der Waals surface area contributed by atoms with E-state index in [1.165, 1.54) is 42.7 Å². The van der Waals surface area contributed by atoms with Crippen LogP contribution < -0.4 is 5.32 Å². The van der Waals surface area contributed by atoms with Crippen LogP contribution >= 0.6 is 0 Å². The minimum absolute atomic E-state index is 0.172. The molecule has 2 amide bonds. The van der Waals surface area contributed by atoms with Crippen LogP contribution in [0.1, 0.15) is 43.4 Å². The van der Waals surface area contributed by atoms with Gasteiger partial charge in [0, 0.05) is 20.0 Å². The van der Waals surface area contributed by atoms with Gasteiger partial charge in [-0.15, -0.1) is 0 Å². The maximum Gasteiger partial charge on any atom is 0.326 e. The molecule has 1 unspecified atom stereocenters. The molecule has 0 spiro atoms. The Morgan fingerprint density at radius 2 is 1.88 bits per heavy atom.